The van der Waals surface area contributed by atoms with Crippen LogP contribution in [0.5, 0.6) is 11.5 Å². The van der Waals surface area contributed by atoms with E-state index in [1.807, 2.05) is 36.4 Å². The number of nitrogens with zero attached hydrogens (tertiary/aromatic N) is 1. The molecule has 0 amide bonds. The molecule has 27 heavy (non-hydrogen) atoms. The van der Waals surface area contributed by atoms with Crippen LogP contribution in [0, 0.1) is 0 Å². The Morgan fingerprint density at radius 3 is 2.26 bits per heavy atom. The van der Waals surface area contributed by atoms with Gasteiger partial charge in [0.25, 0.3) is 0 Å². The number of phenols is 2. The van der Waals surface area contributed by atoms with Crippen LogP contribution in [0.25, 0.3) is 6.08 Å². The van der Waals surface area contributed by atoms with Gasteiger partial charge in [-0.3, -0.25) is 4.79 Å². The van der Waals surface area contributed by atoms with Gasteiger partial charge in [0.05, 0.1) is 6.04 Å². The SMILES string of the molecule is CCCCN1C(/C=C/c2ccc(O)cc2)=CC(=O)CC1c1ccc(O)cc1. The number of unbranched alkanes of at least 4 members (excludes halogenated alkanes) is 1. The molecule has 3 rings (SSSR count). The van der Waals surface area contributed by atoms with Gasteiger partial charge in [0.2, 0.25) is 0 Å². The van der Waals surface area contributed by atoms with Crippen molar-refractivity contribution < 1.29 is 15.0 Å². The molecule has 0 fully saturated rings. The Morgan fingerprint density at radius 1 is 1.00 bits per heavy atom. The van der Waals surface area contributed by atoms with Gasteiger partial charge in [-0.2, -0.15) is 0 Å². The van der Waals surface area contributed by atoms with E-state index in [2.05, 4.69) is 11.8 Å². The number of aromatic hydroxyl groups is 2. The lowest BCUT2D eigenvalue weighted by Crippen LogP contribution is -2.33. The summed E-state index contributed by atoms with van der Waals surface area (Å²) in [6, 6.07) is 14.1. The first-order valence-electron chi connectivity index (χ1n) is 9.34. The highest BCUT2D eigenvalue weighted by molar-refractivity contribution is 5.92. The van der Waals surface area contributed by atoms with Gasteiger partial charge in [0.1, 0.15) is 11.5 Å². The maximum absolute atomic E-state index is 12.4. The maximum atomic E-state index is 12.4. The van der Waals surface area contributed by atoms with Crippen molar-refractivity contribution in [2.24, 2.45) is 0 Å². The zero-order chi connectivity index (χ0) is 19.2. The van der Waals surface area contributed by atoms with Gasteiger partial charge in [-0.1, -0.05) is 43.7 Å². The van der Waals surface area contributed by atoms with E-state index in [9.17, 15) is 15.0 Å². The number of allylic oxidation sites excluding steroid dienone is 2. The normalized spacial score (nSPS) is 17.4. The van der Waals surface area contributed by atoms with Crippen molar-refractivity contribution in [3.63, 3.8) is 0 Å². The third-order valence-electron chi connectivity index (χ3n) is 4.78. The first-order valence-corrected chi connectivity index (χ1v) is 9.34. The van der Waals surface area contributed by atoms with Crippen LogP contribution in [0.3, 0.4) is 0 Å². The monoisotopic (exact) mass is 363 g/mol. The van der Waals surface area contributed by atoms with Crippen molar-refractivity contribution in [3.05, 3.63) is 77.5 Å². The van der Waals surface area contributed by atoms with E-state index in [0.29, 0.717) is 6.42 Å². The standard InChI is InChI=1S/C23H25NO3/c1-2-3-14-24-19(9-4-17-5-10-20(25)11-6-17)15-22(27)16-23(24)18-7-12-21(26)13-8-18/h4-13,15,23,25-26H,2-3,14,16H2,1H3/b9-4+. The molecule has 4 nitrogen and oxygen atoms in total. The summed E-state index contributed by atoms with van der Waals surface area (Å²) >= 11 is 0. The summed E-state index contributed by atoms with van der Waals surface area (Å²) in [5.41, 5.74) is 2.88. The van der Waals surface area contributed by atoms with E-state index >= 15 is 0 Å². The van der Waals surface area contributed by atoms with Gasteiger partial charge in [-0.15, -0.1) is 0 Å². The van der Waals surface area contributed by atoms with Crippen molar-refractivity contribution in [2.45, 2.75) is 32.2 Å². The predicted molar refractivity (Wildman–Crippen MR) is 107 cm³/mol. The Morgan fingerprint density at radius 2 is 1.63 bits per heavy atom. The fraction of sp³-hybridized carbons (Fsp3) is 0.261. The van der Waals surface area contributed by atoms with E-state index in [1.165, 1.54) is 0 Å². The Labute approximate surface area is 160 Å². The summed E-state index contributed by atoms with van der Waals surface area (Å²) in [7, 11) is 0. The molecular weight excluding hydrogens is 338 g/mol. The molecule has 0 aliphatic carbocycles. The van der Waals surface area contributed by atoms with Crippen LogP contribution in [0.4, 0.5) is 0 Å². The number of hydrogen-bond acceptors (Lipinski definition) is 4. The zero-order valence-corrected chi connectivity index (χ0v) is 15.5. The Bertz CT molecular complexity index is 835. The molecule has 1 heterocycles. The van der Waals surface area contributed by atoms with Gasteiger partial charge in [0.15, 0.2) is 5.78 Å². The predicted octanol–water partition coefficient (Wildman–Crippen LogP) is 4.81. The molecule has 0 saturated carbocycles. The van der Waals surface area contributed by atoms with Crippen molar-refractivity contribution in [3.8, 4) is 11.5 Å². The molecule has 2 aromatic rings. The number of carbonyl (C=O) groups is 1. The largest absolute Gasteiger partial charge is 0.508 e. The van der Waals surface area contributed by atoms with Gasteiger partial charge in [0, 0.05) is 24.7 Å². The van der Waals surface area contributed by atoms with Gasteiger partial charge < -0.3 is 15.1 Å². The number of benzene rings is 2. The molecule has 0 aromatic heterocycles. The Balaban J connectivity index is 1.90. The first-order chi connectivity index (χ1) is 13.1. The summed E-state index contributed by atoms with van der Waals surface area (Å²) < 4.78 is 0. The van der Waals surface area contributed by atoms with Crippen LogP contribution in [0.15, 0.2) is 66.4 Å². The summed E-state index contributed by atoms with van der Waals surface area (Å²) in [6.45, 7) is 3.02. The lowest BCUT2D eigenvalue weighted by Gasteiger charge is -2.37. The van der Waals surface area contributed by atoms with E-state index in [4.69, 9.17) is 0 Å². The molecule has 0 bridgehead atoms. The van der Waals surface area contributed by atoms with Crippen LogP contribution in [-0.4, -0.2) is 27.4 Å². The van der Waals surface area contributed by atoms with E-state index in [0.717, 1.165) is 36.2 Å². The average Bonchev–Trinajstić information content (AvgIpc) is 2.67. The number of phenolic OH excluding ortho intramolecular Hbond substituents is 2. The highest BCUT2D eigenvalue weighted by Gasteiger charge is 2.28. The van der Waals surface area contributed by atoms with Crippen molar-refractivity contribution >= 4 is 11.9 Å². The van der Waals surface area contributed by atoms with Crippen LogP contribution in [0.2, 0.25) is 0 Å². The van der Waals surface area contributed by atoms with Crippen LogP contribution in [0.1, 0.15) is 43.4 Å². The Hall–Kier alpha value is -3.01. The molecule has 0 saturated heterocycles. The molecule has 1 atom stereocenters. The molecule has 0 spiro atoms. The van der Waals surface area contributed by atoms with Crippen molar-refractivity contribution in [1.29, 1.82) is 0 Å². The van der Waals surface area contributed by atoms with Crippen LogP contribution < -0.4 is 0 Å². The number of carbonyl (C=O) groups excluding carboxylic acids is 1. The highest BCUT2D eigenvalue weighted by Crippen LogP contribution is 2.34. The fourth-order valence-electron chi connectivity index (χ4n) is 3.31. The Kier molecular flexibility index (Phi) is 5.97. The van der Waals surface area contributed by atoms with Crippen molar-refractivity contribution in [1.82, 2.24) is 4.90 Å². The smallest absolute Gasteiger partial charge is 0.160 e. The third-order valence-corrected chi connectivity index (χ3v) is 4.78. The highest BCUT2D eigenvalue weighted by atomic mass is 16.3. The van der Waals surface area contributed by atoms with Crippen LogP contribution in [-0.2, 0) is 4.79 Å². The van der Waals surface area contributed by atoms with Gasteiger partial charge >= 0.3 is 0 Å². The lowest BCUT2D eigenvalue weighted by atomic mass is 9.94. The minimum absolute atomic E-state index is 0.0332. The van der Waals surface area contributed by atoms with Gasteiger partial charge in [-0.05, 0) is 47.9 Å². The number of hydrogen-bond donors (Lipinski definition) is 2. The summed E-state index contributed by atoms with van der Waals surface area (Å²) in [4.78, 5) is 14.7. The molecule has 2 N–H and O–H groups in total. The number of ketones is 1. The average molecular weight is 363 g/mol. The lowest BCUT2D eigenvalue weighted by molar-refractivity contribution is -0.116. The second-order valence-electron chi connectivity index (χ2n) is 6.82. The fourth-order valence-corrected chi connectivity index (χ4v) is 3.31. The molecule has 2 aromatic carbocycles. The minimum atomic E-state index is -0.0332. The summed E-state index contributed by atoms with van der Waals surface area (Å²) in [5, 5.41) is 19.0. The maximum Gasteiger partial charge on any atom is 0.160 e. The molecule has 1 aliphatic heterocycles. The molecule has 1 aliphatic rings. The van der Waals surface area contributed by atoms with Crippen LogP contribution >= 0.6 is 0 Å². The molecular formula is C23H25NO3. The first kappa shape index (κ1) is 18.8. The second kappa shape index (κ2) is 8.58. The quantitative estimate of drug-likeness (QED) is 0.773. The van der Waals surface area contributed by atoms with Crippen molar-refractivity contribution in [2.75, 3.05) is 6.54 Å². The second-order valence-corrected chi connectivity index (χ2v) is 6.82. The molecule has 140 valence electrons. The summed E-state index contributed by atoms with van der Waals surface area (Å²) in [6.07, 6.45) is 8.17. The van der Waals surface area contributed by atoms with Gasteiger partial charge in [-0.25, -0.2) is 0 Å². The summed E-state index contributed by atoms with van der Waals surface area (Å²) in [5.74, 6) is 0.561. The van der Waals surface area contributed by atoms with E-state index in [1.54, 1.807) is 30.3 Å². The van der Waals surface area contributed by atoms with E-state index in [-0.39, 0.29) is 23.3 Å². The third kappa shape index (κ3) is 4.79. The van der Waals surface area contributed by atoms with E-state index < -0.39 is 0 Å². The zero-order valence-electron chi connectivity index (χ0n) is 15.5. The molecule has 0 radical (unpaired) electrons. The molecule has 1 unspecified atom stereocenters. The number of rotatable bonds is 6. The topological polar surface area (TPSA) is 60.8 Å². The molecule has 4 heteroatoms. The minimum Gasteiger partial charge on any atom is -0.508 e.